The third kappa shape index (κ3) is 4.03. The summed E-state index contributed by atoms with van der Waals surface area (Å²) in [5, 5.41) is 12.4. The number of rotatable bonds is 8. The maximum atomic E-state index is 12.1. The smallest absolute Gasteiger partial charge is 0.267 e. The lowest BCUT2D eigenvalue weighted by Gasteiger charge is -2.46. The van der Waals surface area contributed by atoms with Crippen LogP contribution in [0.4, 0.5) is 0 Å². The number of carbonyl (C=O) groups is 1. The summed E-state index contributed by atoms with van der Waals surface area (Å²) in [4.78, 5) is 16.6. The van der Waals surface area contributed by atoms with Crippen LogP contribution >= 0.6 is 0 Å². The summed E-state index contributed by atoms with van der Waals surface area (Å²) in [5.74, 6) is 1.87. The third-order valence-electron chi connectivity index (χ3n) is 8.66. The molecule has 3 heterocycles. The zero-order valence-corrected chi connectivity index (χ0v) is 21.8. The van der Waals surface area contributed by atoms with Crippen LogP contribution in [-0.2, 0) is 19.0 Å². The summed E-state index contributed by atoms with van der Waals surface area (Å²) in [6.07, 6.45) is 9.80. The molecular formula is C29H35N7O. The lowest BCUT2D eigenvalue weighted by Crippen LogP contribution is -2.43. The number of nitrogens with two attached hydrogens (primary N) is 1. The van der Waals surface area contributed by atoms with Crippen molar-refractivity contribution in [1.29, 1.82) is 0 Å². The summed E-state index contributed by atoms with van der Waals surface area (Å²) in [6.45, 7) is 5.20. The number of amides is 1. The Balaban J connectivity index is 1.41. The normalized spacial score (nSPS) is 22.5. The molecule has 3 N–H and O–H groups in total. The minimum absolute atomic E-state index is 0.135. The second kappa shape index (κ2) is 9.10. The standard InChI is InChI=1S/C29H35N7O/c1-18-14-29(15-18,28-34-32-17-35(28)3)22-8-5-9-23(13-22)36-11-10-24-26(36)21(12-25(33-24)27(30)37)16-31-19(2)20-6-4-7-20/h5,8-13,17-20,31H,4,6-7,14-16H2,1-3H3,(H2,30,37)/t18?,19-,29?/m0/s1. The van der Waals surface area contributed by atoms with Crippen LogP contribution in [0, 0.1) is 11.8 Å². The van der Waals surface area contributed by atoms with Gasteiger partial charge in [-0.15, -0.1) is 10.2 Å². The molecule has 0 unspecified atom stereocenters. The van der Waals surface area contributed by atoms with Gasteiger partial charge in [-0.25, -0.2) is 4.98 Å². The zero-order valence-electron chi connectivity index (χ0n) is 21.8. The molecule has 8 heteroatoms. The van der Waals surface area contributed by atoms with Gasteiger partial charge in [-0.05, 0) is 79.8 Å². The van der Waals surface area contributed by atoms with Crippen LogP contribution in [0.3, 0.4) is 0 Å². The minimum Gasteiger partial charge on any atom is -0.364 e. The monoisotopic (exact) mass is 497 g/mol. The van der Waals surface area contributed by atoms with E-state index >= 15 is 0 Å². The van der Waals surface area contributed by atoms with E-state index < -0.39 is 5.91 Å². The lowest BCUT2D eigenvalue weighted by atomic mass is 9.58. The average molecular weight is 498 g/mol. The molecule has 8 nitrogen and oxygen atoms in total. The number of primary amides is 1. The first-order valence-corrected chi connectivity index (χ1v) is 13.4. The van der Waals surface area contributed by atoms with Gasteiger partial charge in [0.15, 0.2) is 0 Å². The van der Waals surface area contributed by atoms with Crippen LogP contribution in [0.25, 0.3) is 16.7 Å². The highest BCUT2D eigenvalue weighted by atomic mass is 16.1. The molecule has 0 spiro atoms. The molecule has 0 saturated heterocycles. The van der Waals surface area contributed by atoms with Crippen molar-refractivity contribution < 1.29 is 4.79 Å². The molecule has 3 aromatic heterocycles. The SMILES string of the molecule is CC1CC(c2cccc(-n3ccc4nc(C(N)=O)cc(CN[C@@H](C)C5CCC5)c43)c2)(c2nncn2C)C1. The summed E-state index contributed by atoms with van der Waals surface area (Å²) < 4.78 is 4.24. The molecule has 0 bridgehead atoms. The molecule has 37 heavy (non-hydrogen) atoms. The van der Waals surface area contributed by atoms with Crippen LogP contribution in [0.1, 0.15) is 73.4 Å². The number of fused-ring (bicyclic) bond motifs is 1. The molecule has 1 aromatic carbocycles. The Hall–Kier alpha value is -3.52. The molecule has 1 amide bonds. The van der Waals surface area contributed by atoms with Crippen LogP contribution in [0.15, 0.2) is 48.9 Å². The van der Waals surface area contributed by atoms with Gasteiger partial charge < -0.3 is 20.2 Å². The van der Waals surface area contributed by atoms with E-state index in [-0.39, 0.29) is 5.41 Å². The molecule has 2 fully saturated rings. The predicted octanol–water partition coefficient (Wildman–Crippen LogP) is 4.25. The van der Waals surface area contributed by atoms with E-state index in [0.717, 1.165) is 46.9 Å². The molecule has 192 valence electrons. The van der Waals surface area contributed by atoms with Gasteiger partial charge in [-0.3, -0.25) is 4.79 Å². The molecular weight excluding hydrogens is 462 g/mol. The quantitative estimate of drug-likeness (QED) is 0.379. The highest BCUT2D eigenvalue weighted by molar-refractivity contribution is 5.94. The second-order valence-corrected chi connectivity index (χ2v) is 11.2. The Morgan fingerprint density at radius 1 is 1.24 bits per heavy atom. The molecule has 4 aromatic rings. The first-order valence-electron chi connectivity index (χ1n) is 13.4. The number of nitrogens with zero attached hydrogens (tertiary/aromatic N) is 5. The lowest BCUT2D eigenvalue weighted by molar-refractivity contribution is 0.0996. The molecule has 2 aliphatic rings. The zero-order chi connectivity index (χ0) is 25.7. The summed E-state index contributed by atoms with van der Waals surface area (Å²) in [7, 11) is 2.02. The van der Waals surface area contributed by atoms with Crippen molar-refractivity contribution in [3.63, 3.8) is 0 Å². The van der Waals surface area contributed by atoms with E-state index in [4.69, 9.17) is 5.73 Å². The van der Waals surface area contributed by atoms with Crippen molar-refractivity contribution in [3.05, 3.63) is 71.6 Å². The van der Waals surface area contributed by atoms with Gasteiger partial charge in [-0.2, -0.15) is 0 Å². The van der Waals surface area contributed by atoms with Crippen LogP contribution < -0.4 is 11.1 Å². The van der Waals surface area contributed by atoms with Crippen LogP contribution in [-0.4, -0.2) is 36.3 Å². The molecule has 6 rings (SSSR count). The number of pyridine rings is 1. The number of aromatic nitrogens is 5. The van der Waals surface area contributed by atoms with Crippen molar-refractivity contribution in [2.75, 3.05) is 0 Å². The van der Waals surface area contributed by atoms with Gasteiger partial charge in [0.25, 0.3) is 5.91 Å². The Bertz CT molecular complexity index is 1460. The van der Waals surface area contributed by atoms with Crippen molar-refractivity contribution in [2.24, 2.45) is 24.6 Å². The molecule has 0 radical (unpaired) electrons. The molecule has 0 aliphatic heterocycles. The number of aryl methyl sites for hydroxylation is 1. The maximum Gasteiger partial charge on any atom is 0.267 e. The van der Waals surface area contributed by atoms with Gasteiger partial charge >= 0.3 is 0 Å². The van der Waals surface area contributed by atoms with Gasteiger partial charge in [0.1, 0.15) is 17.8 Å². The first-order chi connectivity index (χ1) is 17.9. The van der Waals surface area contributed by atoms with Gasteiger partial charge in [0, 0.05) is 31.5 Å². The van der Waals surface area contributed by atoms with E-state index in [0.29, 0.717) is 24.2 Å². The fourth-order valence-corrected chi connectivity index (χ4v) is 6.43. The highest BCUT2D eigenvalue weighted by Gasteiger charge is 2.48. The number of hydrogen-bond acceptors (Lipinski definition) is 5. The highest BCUT2D eigenvalue weighted by Crippen LogP contribution is 2.51. The van der Waals surface area contributed by atoms with Gasteiger partial charge in [0.2, 0.25) is 0 Å². The van der Waals surface area contributed by atoms with E-state index in [2.05, 4.69) is 63.2 Å². The summed E-state index contributed by atoms with van der Waals surface area (Å²) >= 11 is 0. The topological polar surface area (TPSA) is 104 Å². The van der Waals surface area contributed by atoms with Crippen LogP contribution in [0.5, 0.6) is 0 Å². The van der Waals surface area contributed by atoms with Gasteiger partial charge in [0.05, 0.1) is 16.4 Å². The summed E-state index contributed by atoms with van der Waals surface area (Å²) in [6, 6.07) is 13.0. The third-order valence-corrected chi connectivity index (χ3v) is 8.66. The molecule has 2 saturated carbocycles. The van der Waals surface area contributed by atoms with E-state index in [1.165, 1.54) is 24.8 Å². The Kier molecular flexibility index (Phi) is 5.87. The fraction of sp³-hybridized carbons (Fsp3) is 0.448. The van der Waals surface area contributed by atoms with Crippen molar-refractivity contribution in [2.45, 2.75) is 64.0 Å². The van der Waals surface area contributed by atoms with Crippen molar-refractivity contribution in [1.82, 2.24) is 29.6 Å². The van der Waals surface area contributed by atoms with E-state index in [9.17, 15) is 4.79 Å². The number of hydrogen-bond donors (Lipinski definition) is 2. The van der Waals surface area contributed by atoms with E-state index in [1.54, 1.807) is 6.33 Å². The Morgan fingerprint density at radius 3 is 2.70 bits per heavy atom. The minimum atomic E-state index is -0.505. The fourth-order valence-electron chi connectivity index (χ4n) is 6.43. The van der Waals surface area contributed by atoms with Crippen molar-refractivity contribution >= 4 is 16.9 Å². The van der Waals surface area contributed by atoms with Crippen molar-refractivity contribution in [3.8, 4) is 5.69 Å². The number of carbonyl (C=O) groups excluding carboxylic acids is 1. The predicted molar refractivity (Wildman–Crippen MR) is 143 cm³/mol. The van der Waals surface area contributed by atoms with E-state index in [1.807, 2.05) is 29.9 Å². The second-order valence-electron chi connectivity index (χ2n) is 11.2. The molecule has 2 aliphatic carbocycles. The summed E-state index contributed by atoms with van der Waals surface area (Å²) in [5.41, 5.74) is 10.9. The number of benzene rings is 1. The Labute approximate surface area is 217 Å². The molecule has 1 atom stereocenters. The van der Waals surface area contributed by atoms with Crippen LogP contribution in [0.2, 0.25) is 0 Å². The Morgan fingerprint density at radius 2 is 2.05 bits per heavy atom. The maximum absolute atomic E-state index is 12.1. The first kappa shape index (κ1) is 23.9. The average Bonchev–Trinajstić information content (AvgIpc) is 3.45. The number of nitrogens with one attached hydrogen (secondary N) is 1. The largest absolute Gasteiger partial charge is 0.364 e. The van der Waals surface area contributed by atoms with Gasteiger partial charge in [-0.1, -0.05) is 25.5 Å².